The number of thiophene rings is 2. The van der Waals surface area contributed by atoms with Crippen LogP contribution in [-0.4, -0.2) is 0 Å². The minimum atomic E-state index is 1.08. The molecule has 96 heavy (non-hydrogen) atoms. The van der Waals surface area contributed by atoms with Gasteiger partial charge in [0.2, 0.25) is 0 Å². The van der Waals surface area contributed by atoms with Gasteiger partial charge in [-0.3, -0.25) is 0 Å². The molecule has 0 fully saturated rings. The molecule has 0 saturated heterocycles. The first kappa shape index (κ1) is 56.9. The lowest BCUT2D eigenvalue weighted by atomic mass is 9.97. The molecule has 0 aliphatic carbocycles. The van der Waals surface area contributed by atoms with Gasteiger partial charge in [-0.15, -0.1) is 22.7 Å². The molecule has 0 aliphatic heterocycles. The van der Waals surface area contributed by atoms with Crippen molar-refractivity contribution in [3.05, 3.63) is 351 Å². The van der Waals surface area contributed by atoms with Gasteiger partial charge in [-0.1, -0.05) is 231 Å². The van der Waals surface area contributed by atoms with Crippen molar-refractivity contribution in [1.29, 1.82) is 0 Å². The Bertz CT molecular complexity index is 5970. The number of aryl methyl sites for hydroxylation is 2. The third-order valence-corrected chi connectivity index (χ3v) is 21.6. The van der Waals surface area contributed by atoms with E-state index < -0.39 is 0 Å². The maximum absolute atomic E-state index is 2.49. The number of fused-ring (bicyclic) bond motifs is 14. The molecule has 6 heteroatoms. The summed E-state index contributed by atoms with van der Waals surface area (Å²) in [6.07, 6.45) is 0. The van der Waals surface area contributed by atoms with Crippen molar-refractivity contribution in [3.8, 4) is 11.1 Å². The van der Waals surface area contributed by atoms with Gasteiger partial charge in [0.1, 0.15) is 0 Å². The van der Waals surface area contributed by atoms with Gasteiger partial charge < -0.3 is 19.6 Å². The molecule has 0 spiro atoms. The molecule has 18 rings (SSSR count). The van der Waals surface area contributed by atoms with E-state index in [-0.39, 0.29) is 0 Å². The Labute approximate surface area is 565 Å². The van der Waals surface area contributed by atoms with Crippen LogP contribution in [0, 0.1) is 13.8 Å². The third-order valence-electron chi connectivity index (χ3n) is 19.2. The first-order valence-electron chi connectivity index (χ1n) is 32.8. The second-order valence-corrected chi connectivity index (χ2v) is 26.9. The monoisotopic (exact) mass is 1260 g/mol. The first-order valence-corrected chi connectivity index (χ1v) is 34.4. The summed E-state index contributed by atoms with van der Waals surface area (Å²) >= 11 is 3.79. The van der Waals surface area contributed by atoms with Crippen LogP contribution in [0.15, 0.2) is 340 Å². The summed E-state index contributed by atoms with van der Waals surface area (Å²) in [5.41, 5.74) is 18.2. The van der Waals surface area contributed by atoms with E-state index in [1.54, 1.807) is 0 Å². The number of hydrogen-bond donors (Lipinski definition) is 0. The molecular formula is C90H62N4S2. The topological polar surface area (TPSA) is 13.0 Å². The third kappa shape index (κ3) is 9.55. The number of para-hydroxylation sites is 6. The molecule has 0 saturated carbocycles. The molecule has 454 valence electrons. The van der Waals surface area contributed by atoms with E-state index in [1.165, 1.54) is 100 Å². The van der Waals surface area contributed by atoms with Gasteiger partial charge in [-0.2, -0.15) is 0 Å². The average molecular weight is 1260 g/mol. The van der Waals surface area contributed by atoms with Crippen LogP contribution in [0.2, 0.25) is 0 Å². The van der Waals surface area contributed by atoms with Crippen molar-refractivity contribution in [1.82, 2.24) is 0 Å². The molecule has 0 atom stereocenters. The first-order chi connectivity index (χ1) is 47.5. The smallest absolute Gasteiger partial charge is 0.0554 e. The molecule has 0 unspecified atom stereocenters. The quantitative estimate of drug-likeness (QED) is 0.114. The van der Waals surface area contributed by atoms with Crippen molar-refractivity contribution >= 4 is 174 Å². The molecule has 0 amide bonds. The number of benzene rings is 16. The van der Waals surface area contributed by atoms with Crippen molar-refractivity contribution in [2.24, 2.45) is 0 Å². The van der Waals surface area contributed by atoms with Gasteiger partial charge in [0.05, 0.1) is 22.7 Å². The Morgan fingerprint density at radius 2 is 0.510 bits per heavy atom. The Morgan fingerprint density at radius 1 is 0.198 bits per heavy atom. The summed E-state index contributed by atoms with van der Waals surface area (Å²) in [4.78, 5) is 9.81. The number of nitrogens with zero attached hydrogens (tertiary/aromatic N) is 4. The second-order valence-electron chi connectivity index (χ2n) is 24.8. The van der Waals surface area contributed by atoms with Crippen LogP contribution in [-0.2, 0) is 0 Å². The molecular weight excluding hydrogens is 1200 g/mol. The normalized spacial score (nSPS) is 11.6. The summed E-state index contributed by atoms with van der Waals surface area (Å²) in [5.74, 6) is 0. The fourth-order valence-electron chi connectivity index (χ4n) is 14.8. The van der Waals surface area contributed by atoms with Crippen LogP contribution in [0.3, 0.4) is 0 Å². The number of anilines is 12. The molecule has 18 aromatic rings. The highest BCUT2D eigenvalue weighted by Gasteiger charge is 2.27. The number of rotatable bonds is 13. The minimum absolute atomic E-state index is 1.08. The van der Waals surface area contributed by atoms with Crippen LogP contribution >= 0.6 is 22.7 Å². The predicted molar refractivity (Wildman–Crippen MR) is 416 cm³/mol. The van der Waals surface area contributed by atoms with E-state index in [0.29, 0.717) is 0 Å². The molecule has 2 heterocycles. The highest BCUT2D eigenvalue weighted by atomic mass is 32.1. The molecule has 16 aromatic carbocycles. The fraction of sp³-hybridized carbons (Fsp3) is 0.0222. The molecule has 0 aliphatic rings. The van der Waals surface area contributed by atoms with Gasteiger partial charge >= 0.3 is 0 Å². The van der Waals surface area contributed by atoms with Crippen molar-refractivity contribution < 1.29 is 0 Å². The Balaban J connectivity index is 0.771. The van der Waals surface area contributed by atoms with Crippen LogP contribution in [0.1, 0.15) is 11.1 Å². The summed E-state index contributed by atoms with van der Waals surface area (Å²) < 4.78 is 5.06. The molecule has 0 radical (unpaired) electrons. The zero-order valence-corrected chi connectivity index (χ0v) is 54.6. The van der Waals surface area contributed by atoms with Gasteiger partial charge in [-0.05, 0) is 156 Å². The maximum Gasteiger partial charge on any atom is 0.0554 e. The maximum atomic E-state index is 2.49. The molecule has 0 bridgehead atoms. The van der Waals surface area contributed by atoms with Crippen molar-refractivity contribution in [2.45, 2.75) is 13.8 Å². The zero-order valence-electron chi connectivity index (χ0n) is 52.9. The van der Waals surface area contributed by atoms with E-state index in [1.807, 2.05) is 22.7 Å². The lowest BCUT2D eigenvalue weighted by molar-refractivity contribution is 1.26. The molecule has 2 aromatic heterocycles. The molecule has 4 nitrogen and oxygen atoms in total. The van der Waals surface area contributed by atoms with Gasteiger partial charge in [0, 0.05) is 118 Å². The zero-order chi connectivity index (χ0) is 63.8. The van der Waals surface area contributed by atoms with E-state index in [4.69, 9.17) is 0 Å². The Morgan fingerprint density at radius 3 is 0.948 bits per heavy atom. The summed E-state index contributed by atoms with van der Waals surface area (Å²) in [7, 11) is 0. The highest BCUT2D eigenvalue weighted by Crippen LogP contribution is 2.54. The average Bonchev–Trinajstić information content (AvgIpc) is 1.53. The minimum Gasteiger partial charge on any atom is -0.310 e. The SMILES string of the molecule is Cc1ccccc1N(c1ccc(-c2cccc(N(c3ccccc3)c3cc4sc5c6ccccc6c(N(c6ccccc6)c6ccccc6)cc5c4c4ccccc34)c2)cc1)c1cc2c(sc3cc(N(c4ccccc4)c4ccccc4C)c4ccccc4c32)c2ccccc12. The lowest BCUT2D eigenvalue weighted by Gasteiger charge is -2.29. The van der Waals surface area contributed by atoms with Crippen LogP contribution < -0.4 is 19.6 Å². The number of hydrogen-bond acceptors (Lipinski definition) is 6. The Hall–Kier alpha value is -11.8. The largest absolute Gasteiger partial charge is 0.310 e. The van der Waals surface area contributed by atoms with Crippen LogP contribution in [0.5, 0.6) is 0 Å². The van der Waals surface area contributed by atoms with E-state index in [0.717, 1.165) is 73.7 Å². The van der Waals surface area contributed by atoms with Crippen LogP contribution in [0.4, 0.5) is 68.2 Å². The van der Waals surface area contributed by atoms with Crippen molar-refractivity contribution in [2.75, 3.05) is 19.6 Å². The van der Waals surface area contributed by atoms with E-state index in [9.17, 15) is 0 Å². The van der Waals surface area contributed by atoms with Crippen LogP contribution in [0.25, 0.3) is 94.6 Å². The lowest BCUT2D eigenvalue weighted by Crippen LogP contribution is -2.12. The Kier molecular flexibility index (Phi) is 14.0. The summed E-state index contributed by atoms with van der Waals surface area (Å²) in [5, 5.41) is 14.8. The second kappa shape index (κ2) is 23.6. The predicted octanol–water partition coefficient (Wildman–Crippen LogP) is 27.2. The standard InChI is InChI=1S/C90H62N4S2/c1-59-28-15-25-48-79(59)93(66-37-13-6-14-38-66)84-58-86-88(74-45-22-18-41-70(74)84)78-56-82(72-43-20-24-47-76(72)90(78)96-86)94(80-49-26-16-29-60(80)2)67-52-50-61(51-53-67)62-30-27-39-68(54-62)92(65-35-11-5-12-36-65)83-57-85-87(73-44-21-17-40-69(73)83)77-55-81(71-42-19-23-46-75(71)89(77)95-85)91(63-31-7-3-8-32-63)64-33-9-4-10-34-64/h3-58H,1-2H3. The van der Waals surface area contributed by atoms with E-state index >= 15 is 0 Å². The van der Waals surface area contributed by atoms with Gasteiger partial charge in [0.25, 0.3) is 0 Å². The van der Waals surface area contributed by atoms with E-state index in [2.05, 4.69) is 373 Å². The fourth-order valence-corrected chi connectivity index (χ4v) is 17.4. The van der Waals surface area contributed by atoms with Crippen molar-refractivity contribution in [3.63, 3.8) is 0 Å². The van der Waals surface area contributed by atoms with Gasteiger partial charge in [-0.25, -0.2) is 0 Å². The highest BCUT2D eigenvalue weighted by molar-refractivity contribution is 7.27. The summed E-state index contributed by atoms with van der Waals surface area (Å²) in [6, 6.07) is 125. The van der Waals surface area contributed by atoms with Gasteiger partial charge in [0.15, 0.2) is 0 Å². The molecule has 0 N–H and O–H groups in total. The summed E-state index contributed by atoms with van der Waals surface area (Å²) in [6.45, 7) is 4.44.